The Morgan fingerprint density at radius 2 is 1.84 bits per heavy atom. The van der Waals surface area contributed by atoms with Gasteiger partial charge in [-0.05, 0) is 67.1 Å². The number of rotatable bonds is 6. The first kappa shape index (κ1) is 16.6. The first-order valence-electron chi connectivity index (χ1n) is 7.90. The summed E-state index contributed by atoms with van der Waals surface area (Å²) in [6.07, 6.45) is 3.06. The number of allylic oxidation sites excluding steroid dienone is 1. The van der Waals surface area contributed by atoms with Gasteiger partial charge in [-0.1, -0.05) is 18.2 Å². The van der Waals surface area contributed by atoms with Crippen molar-refractivity contribution in [3.8, 4) is 11.5 Å². The Kier molecular flexibility index (Phi) is 5.00. The molecule has 0 saturated heterocycles. The summed E-state index contributed by atoms with van der Waals surface area (Å²) in [5.74, 6) is 2.05. The van der Waals surface area contributed by atoms with Gasteiger partial charge in [0.15, 0.2) is 5.78 Å². The number of hydrogen-bond acceptors (Lipinski definition) is 4. The van der Waals surface area contributed by atoms with Gasteiger partial charge in [0.25, 0.3) is 0 Å². The number of ether oxygens (including phenoxy) is 1. The molecule has 3 aromatic rings. The number of para-hydroxylation sites is 1. The molecule has 0 aliphatic carbocycles. The number of ketones is 1. The number of carbonyl (C=O) groups is 1. The van der Waals surface area contributed by atoms with E-state index in [1.807, 2.05) is 37.3 Å². The van der Waals surface area contributed by atoms with Gasteiger partial charge in [0.2, 0.25) is 0 Å². The minimum Gasteiger partial charge on any atom is -0.508 e. The zero-order valence-electron chi connectivity index (χ0n) is 13.8. The predicted octanol–water partition coefficient (Wildman–Crippen LogP) is 4.77. The van der Waals surface area contributed by atoms with Crippen LogP contribution in [0.25, 0.3) is 6.08 Å². The Bertz CT molecular complexity index is 888. The van der Waals surface area contributed by atoms with E-state index in [0.717, 1.165) is 11.3 Å². The molecule has 0 bridgehead atoms. The molecule has 1 N–H and O–H groups in total. The molecular weight excluding hydrogens is 316 g/mol. The quantitative estimate of drug-likeness (QED) is 0.521. The summed E-state index contributed by atoms with van der Waals surface area (Å²) < 4.78 is 11.4. The van der Waals surface area contributed by atoms with Crippen LogP contribution in [0, 0.1) is 6.92 Å². The maximum absolute atomic E-state index is 12.0. The lowest BCUT2D eigenvalue weighted by Gasteiger charge is -2.06. The van der Waals surface area contributed by atoms with Gasteiger partial charge in [0.05, 0.1) is 0 Å². The molecule has 3 rings (SSSR count). The molecule has 25 heavy (non-hydrogen) atoms. The van der Waals surface area contributed by atoms with Crippen molar-refractivity contribution in [2.45, 2.75) is 13.5 Å². The van der Waals surface area contributed by atoms with Crippen molar-refractivity contribution in [3.05, 3.63) is 89.4 Å². The molecule has 2 aromatic carbocycles. The van der Waals surface area contributed by atoms with Crippen LogP contribution in [0.3, 0.4) is 0 Å². The number of phenolic OH excluding ortho intramolecular Hbond substituents is 1. The Hall–Kier alpha value is -3.27. The number of aromatic hydroxyl groups is 1. The van der Waals surface area contributed by atoms with Crippen LogP contribution in [0.2, 0.25) is 0 Å². The summed E-state index contributed by atoms with van der Waals surface area (Å²) in [6, 6.07) is 17.5. The molecule has 1 aromatic heterocycles. The standard InChI is InChI=1S/C21H18O4/c1-15-4-2-3-5-21(15)24-14-19-11-10-18(25-19)12-13-20(23)16-6-8-17(22)9-7-16/h2-13,22H,14H2,1H3/b13-12+. The van der Waals surface area contributed by atoms with Gasteiger partial charge >= 0.3 is 0 Å². The van der Waals surface area contributed by atoms with Gasteiger partial charge in [-0.2, -0.15) is 0 Å². The van der Waals surface area contributed by atoms with E-state index < -0.39 is 0 Å². The Balaban J connectivity index is 1.60. The lowest BCUT2D eigenvalue weighted by molar-refractivity contribution is 0.104. The SMILES string of the molecule is Cc1ccccc1OCc1ccc(/C=C/C(=O)c2ccc(O)cc2)o1. The molecule has 0 aliphatic heterocycles. The fraction of sp³-hybridized carbons (Fsp3) is 0.0952. The van der Waals surface area contributed by atoms with Crippen LogP contribution >= 0.6 is 0 Å². The predicted molar refractivity (Wildman–Crippen MR) is 95.7 cm³/mol. The van der Waals surface area contributed by atoms with Crippen molar-refractivity contribution >= 4 is 11.9 Å². The normalized spacial score (nSPS) is 10.9. The van der Waals surface area contributed by atoms with Crippen LogP contribution in [0.1, 0.15) is 27.4 Å². The third kappa shape index (κ3) is 4.38. The zero-order chi connectivity index (χ0) is 17.6. The summed E-state index contributed by atoms with van der Waals surface area (Å²) in [5, 5.41) is 9.24. The number of carbonyl (C=O) groups excluding carboxylic acids is 1. The highest BCUT2D eigenvalue weighted by atomic mass is 16.5. The highest BCUT2D eigenvalue weighted by molar-refractivity contribution is 6.06. The van der Waals surface area contributed by atoms with Crippen LogP contribution < -0.4 is 4.74 Å². The molecule has 0 amide bonds. The molecular formula is C21H18O4. The van der Waals surface area contributed by atoms with Gasteiger partial charge in [0.1, 0.15) is 29.6 Å². The lowest BCUT2D eigenvalue weighted by Crippen LogP contribution is -1.95. The van der Waals surface area contributed by atoms with Gasteiger partial charge in [-0.25, -0.2) is 0 Å². The first-order valence-corrected chi connectivity index (χ1v) is 7.90. The van der Waals surface area contributed by atoms with Gasteiger partial charge < -0.3 is 14.3 Å². The second kappa shape index (κ2) is 7.53. The average Bonchev–Trinajstić information content (AvgIpc) is 3.07. The average molecular weight is 334 g/mol. The van der Waals surface area contributed by atoms with Crippen molar-refractivity contribution in [2.24, 2.45) is 0 Å². The fourth-order valence-electron chi connectivity index (χ4n) is 2.31. The fourth-order valence-corrected chi connectivity index (χ4v) is 2.31. The molecule has 0 unspecified atom stereocenters. The smallest absolute Gasteiger partial charge is 0.185 e. The minimum absolute atomic E-state index is 0.129. The Morgan fingerprint density at radius 1 is 1.08 bits per heavy atom. The van der Waals surface area contributed by atoms with E-state index in [1.54, 1.807) is 24.3 Å². The molecule has 1 heterocycles. The maximum Gasteiger partial charge on any atom is 0.185 e. The van der Waals surface area contributed by atoms with E-state index in [-0.39, 0.29) is 11.5 Å². The molecule has 0 spiro atoms. The van der Waals surface area contributed by atoms with E-state index in [4.69, 9.17) is 9.15 Å². The molecule has 4 heteroatoms. The van der Waals surface area contributed by atoms with Crippen LogP contribution in [0.5, 0.6) is 11.5 Å². The van der Waals surface area contributed by atoms with Gasteiger partial charge in [-0.15, -0.1) is 0 Å². The Morgan fingerprint density at radius 3 is 2.60 bits per heavy atom. The largest absolute Gasteiger partial charge is 0.508 e. The van der Waals surface area contributed by atoms with Crippen LogP contribution in [-0.4, -0.2) is 10.9 Å². The second-order valence-electron chi connectivity index (χ2n) is 5.60. The maximum atomic E-state index is 12.0. The van der Waals surface area contributed by atoms with Crippen molar-refractivity contribution < 1.29 is 19.1 Å². The van der Waals surface area contributed by atoms with E-state index in [2.05, 4.69) is 0 Å². The number of hydrogen-bond donors (Lipinski definition) is 1. The number of aryl methyl sites for hydroxylation is 1. The third-order valence-corrected chi connectivity index (χ3v) is 3.70. The monoisotopic (exact) mass is 334 g/mol. The molecule has 0 atom stereocenters. The molecule has 0 fully saturated rings. The second-order valence-corrected chi connectivity index (χ2v) is 5.60. The van der Waals surface area contributed by atoms with Crippen LogP contribution in [0.15, 0.2) is 71.2 Å². The third-order valence-electron chi connectivity index (χ3n) is 3.70. The van der Waals surface area contributed by atoms with E-state index in [9.17, 15) is 9.90 Å². The molecule has 0 aliphatic rings. The van der Waals surface area contributed by atoms with E-state index in [0.29, 0.717) is 23.7 Å². The summed E-state index contributed by atoms with van der Waals surface area (Å²) in [4.78, 5) is 12.0. The van der Waals surface area contributed by atoms with E-state index >= 15 is 0 Å². The van der Waals surface area contributed by atoms with Crippen molar-refractivity contribution in [3.63, 3.8) is 0 Å². The van der Waals surface area contributed by atoms with Crippen molar-refractivity contribution in [1.29, 1.82) is 0 Å². The number of phenols is 1. The zero-order valence-corrected chi connectivity index (χ0v) is 13.8. The highest BCUT2D eigenvalue weighted by Crippen LogP contribution is 2.19. The summed E-state index contributed by atoms with van der Waals surface area (Å²) in [6.45, 7) is 2.31. The molecule has 0 saturated carbocycles. The minimum atomic E-state index is -0.158. The van der Waals surface area contributed by atoms with Crippen LogP contribution in [0.4, 0.5) is 0 Å². The van der Waals surface area contributed by atoms with Gasteiger partial charge in [0, 0.05) is 5.56 Å². The summed E-state index contributed by atoms with van der Waals surface area (Å²) in [5.41, 5.74) is 1.57. The molecule has 4 nitrogen and oxygen atoms in total. The number of furan rings is 1. The topological polar surface area (TPSA) is 59.7 Å². The Labute approximate surface area is 146 Å². The lowest BCUT2D eigenvalue weighted by atomic mass is 10.1. The van der Waals surface area contributed by atoms with Crippen molar-refractivity contribution in [1.82, 2.24) is 0 Å². The van der Waals surface area contributed by atoms with Crippen LogP contribution in [-0.2, 0) is 6.61 Å². The first-order chi connectivity index (χ1) is 12.1. The number of benzene rings is 2. The van der Waals surface area contributed by atoms with Gasteiger partial charge in [-0.3, -0.25) is 4.79 Å². The summed E-state index contributed by atoms with van der Waals surface area (Å²) >= 11 is 0. The molecule has 126 valence electrons. The molecule has 0 radical (unpaired) electrons. The highest BCUT2D eigenvalue weighted by Gasteiger charge is 2.05. The van der Waals surface area contributed by atoms with Crippen molar-refractivity contribution in [2.75, 3.05) is 0 Å². The summed E-state index contributed by atoms with van der Waals surface area (Å²) in [7, 11) is 0. The van der Waals surface area contributed by atoms with E-state index in [1.165, 1.54) is 18.2 Å².